The van der Waals surface area contributed by atoms with Gasteiger partial charge in [-0.1, -0.05) is 24.3 Å². The van der Waals surface area contributed by atoms with E-state index in [2.05, 4.69) is 19.1 Å². The molecule has 1 aliphatic heterocycles. The highest BCUT2D eigenvalue weighted by Crippen LogP contribution is 2.32. The Morgan fingerprint density at radius 3 is 2.67 bits per heavy atom. The molecule has 1 aliphatic rings. The van der Waals surface area contributed by atoms with E-state index in [1.807, 2.05) is 41.3 Å². The van der Waals surface area contributed by atoms with Gasteiger partial charge in [0.25, 0.3) is 5.91 Å². The third-order valence-electron chi connectivity index (χ3n) is 4.17. The predicted molar refractivity (Wildman–Crippen MR) is 82.6 cm³/mol. The summed E-state index contributed by atoms with van der Waals surface area (Å²) in [5.41, 5.74) is 3.24. The molecule has 108 valence electrons. The minimum Gasteiger partial charge on any atom is -0.497 e. The summed E-state index contributed by atoms with van der Waals surface area (Å²) in [6, 6.07) is 15.7. The summed E-state index contributed by atoms with van der Waals surface area (Å²) >= 11 is 0. The van der Waals surface area contributed by atoms with Crippen LogP contribution in [0.3, 0.4) is 0 Å². The molecule has 0 N–H and O–H groups in total. The van der Waals surface area contributed by atoms with E-state index < -0.39 is 0 Å². The van der Waals surface area contributed by atoms with Gasteiger partial charge in [-0.25, -0.2) is 0 Å². The van der Waals surface area contributed by atoms with E-state index in [0.717, 1.165) is 24.3 Å². The summed E-state index contributed by atoms with van der Waals surface area (Å²) < 4.78 is 5.28. The molecule has 0 aromatic heterocycles. The molecule has 0 bridgehead atoms. The van der Waals surface area contributed by atoms with Gasteiger partial charge >= 0.3 is 0 Å². The zero-order chi connectivity index (χ0) is 14.8. The molecule has 0 saturated heterocycles. The molecule has 3 nitrogen and oxygen atoms in total. The molecule has 21 heavy (non-hydrogen) atoms. The van der Waals surface area contributed by atoms with Crippen molar-refractivity contribution >= 4 is 5.91 Å². The van der Waals surface area contributed by atoms with Crippen LogP contribution in [0.5, 0.6) is 5.75 Å². The quantitative estimate of drug-likeness (QED) is 0.843. The monoisotopic (exact) mass is 281 g/mol. The molecule has 0 saturated carbocycles. The summed E-state index contributed by atoms with van der Waals surface area (Å²) in [4.78, 5) is 14.6. The van der Waals surface area contributed by atoms with Gasteiger partial charge in [0.2, 0.25) is 0 Å². The number of hydrogen-bond acceptors (Lipinski definition) is 2. The smallest absolute Gasteiger partial charge is 0.254 e. The Labute approximate surface area is 125 Å². The number of rotatable bonds is 2. The van der Waals surface area contributed by atoms with Crippen LogP contribution in [0.1, 0.15) is 34.5 Å². The van der Waals surface area contributed by atoms with E-state index in [9.17, 15) is 4.79 Å². The number of nitrogens with zero attached hydrogens (tertiary/aromatic N) is 1. The fourth-order valence-corrected chi connectivity index (χ4v) is 2.96. The van der Waals surface area contributed by atoms with Crippen molar-refractivity contribution in [2.24, 2.45) is 0 Å². The first kappa shape index (κ1) is 13.7. The number of amides is 1. The second kappa shape index (κ2) is 5.60. The van der Waals surface area contributed by atoms with Crippen molar-refractivity contribution in [2.75, 3.05) is 13.7 Å². The van der Waals surface area contributed by atoms with Crippen molar-refractivity contribution in [3.8, 4) is 5.75 Å². The van der Waals surface area contributed by atoms with Crippen LogP contribution in [0.15, 0.2) is 48.5 Å². The Balaban J connectivity index is 1.89. The molecule has 2 aromatic rings. The van der Waals surface area contributed by atoms with Gasteiger partial charge in [-0.05, 0) is 48.7 Å². The molecule has 1 amide bonds. The molecule has 3 heteroatoms. The van der Waals surface area contributed by atoms with Crippen molar-refractivity contribution in [1.82, 2.24) is 4.90 Å². The average molecular weight is 281 g/mol. The standard InChI is InChI=1S/C18H19NO2/c1-13-17-9-8-16(21-2)12-15(17)10-11-19(13)18(20)14-6-4-3-5-7-14/h3-9,12-13H,10-11H2,1-2H3. The molecule has 0 fully saturated rings. The molecule has 1 unspecified atom stereocenters. The Morgan fingerprint density at radius 2 is 1.95 bits per heavy atom. The van der Waals surface area contributed by atoms with Crippen molar-refractivity contribution < 1.29 is 9.53 Å². The van der Waals surface area contributed by atoms with Gasteiger partial charge in [-0.3, -0.25) is 4.79 Å². The molecular formula is C18H19NO2. The summed E-state index contributed by atoms with van der Waals surface area (Å²) in [6.07, 6.45) is 0.870. The molecule has 0 spiro atoms. The molecule has 0 radical (unpaired) electrons. The number of carbonyl (C=O) groups excluding carboxylic acids is 1. The topological polar surface area (TPSA) is 29.5 Å². The van der Waals surface area contributed by atoms with E-state index in [4.69, 9.17) is 4.74 Å². The number of ether oxygens (including phenoxy) is 1. The molecular weight excluding hydrogens is 262 g/mol. The van der Waals surface area contributed by atoms with Gasteiger partial charge in [0.15, 0.2) is 0 Å². The van der Waals surface area contributed by atoms with Crippen LogP contribution in [0.4, 0.5) is 0 Å². The minimum absolute atomic E-state index is 0.0902. The van der Waals surface area contributed by atoms with E-state index in [1.165, 1.54) is 11.1 Å². The molecule has 1 atom stereocenters. The zero-order valence-corrected chi connectivity index (χ0v) is 12.4. The summed E-state index contributed by atoms with van der Waals surface area (Å²) in [5.74, 6) is 0.980. The molecule has 3 rings (SSSR count). The zero-order valence-electron chi connectivity index (χ0n) is 12.4. The van der Waals surface area contributed by atoms with Gasteiger partial charge in [-0.2, -0.15) is 0 Å². The number of carbonyl (C=O) groups is 1. The van der Waals surface area contributed by atoms with Gasteiger partial charge in [-0.15, -0.1) is 0 Å². The van der Waals surface area contributed by atoms with Crippen molar-refractivity contribution in [1.29, 1.82) is 0 Å². The lowest BCUT2D eigenvalue weighted by atomic mass is 9.92. The number of methoxy groups -OCH3 is 1. The van der Waals surface area contributed by atoms with Crippen LogP contribution in [0.25, 0.3) is 0 Å². The third kappa shape index (κ3) is 2.51. The molecule has 1 heterocycles. The maximum atomic E-state index is 12.6. The van der Waals surface area contributed by atoms with Crippen molar-refractivity contribution in [2.45, 2.75) is 19.4 Å². The van der Waals surface area contributed by atoms with E-state index in [-0.39, 0.29) is 11.9 Å². The van der Waals surface area contributed by atoms with Crippen molar-refractivity contribution in [3.63, 3.8) is 0 Å². The Hall–Kier alpha value is -2.29. The van der Waals surface area contributed by atoms with E-state index in [0.29, 0.717) is 0 Å². The fraction of sp³-hybridized carbons (Fsp3) is 0.278. The van der Waals surface area contributed by atoms with Gasteiger partial charge in [0.05, 0.1) is 13.2 Å². The first-order chi connectivity index (χ1) is 10.2. The highest BCUT2D eigenvalue weighted by Gasteiger charge is 2.28. The normalized spacial score (nSPS) is 17.2. The van der Waals surface area contributed by atoms with Crippen LogP contribution in [0, 0.1) is 0 Å². The van der Waals surface area contributed by atoms with Crippen LogP contribution in [-0.4, -0.2) is 24.5 Å². The second-order valence-corrected chi connectivity index (χ2v) is 5.36. The Bertz CT molecular complexity index is 652. The Kier molecular flexibility index (Phi) is 3.65. The van der Waals surface area contributed by atoms with Crippen molar-refractivity contribution in [3.05, 3.63) is 65.2 Å². The summed E-state index contributed by atoms with van der Waals surface area (Å²) in [5, 5.41) is 0. The van der Waals surface area contributed by atoms with E-state index in [1.54, 1.807) is 7.11 Å². The summed E-state index contributed by atoms with van der Waals surface area (Å²) in [7, 11) is 1.68. The van der Waals surface area contributed by atoms with Crippen LogP contribution >= 0.6 is 0 Å². The maximum absolute atomic E-state index is 12.6. The predicted octanol–water partition coefficient (Wildman–Crippen LogP) is 3.45. The van der Waals surface area contributed by atoms with Gasteiger partial charge < -0.3 is 9.64 Å². The number of hydrogen-bond donors (Lipinski definition) is 0. The number of fused-ring (bicyclic) bond motifs is 1. The van der Waals surface area contributed by atoms with E-state index >= 15 is 0 Å². The molecule has 0 aliphatic carbocycles. The Morgan fingerprint density at radius 1 is 1.19 bits per heavy atom. The summed E-state index contributed by atoms with van der Waals surface area (Å²) in [6.45, 7) is 2.83. The number of benzene rings is 2. The lowest BCUT2D eigenvalue weighted by Gasteiger charge is -2.35. The second-order valence-electron chi connectivity index (χ2n) is 5.36. The van der Waals surface area contributed by atoms with Crippen LogP contribution < -0.4 is 4.74 Å². The van der Waals surface area contributed by atoms with Gasteiger partial charge in [0.1, 0.15) is 5.75 Å². The minimum atomic E-state index is 0.0902. The average Bonchev–Trinajstić information content (AvgIpc) is 2.55. The van der Waals surface area contributed by atoms with Crippen LogP contribution in [-0.2, 0) is 6.42 Å². The molecule has 2 aromatic carbocycles. The van der Waals surface area contributed by atoms with Crippen LogP contribution in [0.2, 0.25) is 0 Å². The SMILES string of the molecule is COc1ccc2c(c1)CCN(C(=O)c1ccccc1)C2C. The highest BCUT2D eigenvalue weighted by molar-refractivity contribution is 5.94. The third-order valence-corrected chi connectivity index (χ3v) is 4.17. The van der Waals surface area contributed by atoms with Gasteiger partial charge in [0, 0.05) is 12.1 Å². The maximum Gasteiger partial charge on any atom is 0.254 e. The largest absolute Gasteiger partial charge is 0.497 e. The lowest BCUT2D eigenvalue weighted by molar-refractivity contribution is 0.0677. The first-order valence-corrected chi connectivity index (χ1v) is 7.23. The first-order valence-electron chi connectivity index (χ1n) is 7.23. The highest BCUT2D eigenvalue weighted by atomic mass is 16.5. The fourth-order valence-electron chi connectivity index (χ4n) is 2.96. The lowest BCUT2D eigenvalue weighted by Crippen LogP contribution is -2.38.